The summed E-state index contributed by atoms with van der Waals surface area (Å²) in [6, 6.07) is -0.513. The average molecular weight is 188 g/mol. The Bertz CT molecular complexity index is 196. The first-order valence-electron chi connectivity index (χ1n) is 4.70. The minimum atomic E-state index is -0.892. The quantitative estimate of drug-likeness (QED) is 0.653. The van der Waals surface area contributed by atoms with Gasteiger partial charge in [0, 0.05) is 6.54 Å². The van der Waals surface area contributed by atoms with Gasteiger partial charge in [-0.1, -0.05) is 6.92 Å². The van der Waals surface area contributed by atoms with Crippen LogP contribution in [0.25, 0.3) is 0 Å². The summed E-state index contributed by atoms with van der Waals surface area (Å²) in [5.41, 5.74) is 5.43. The summed E-state index contributed by atoms with van der Waals surface area (Å²) in [7, 11) is 0. The maximum atomic E-state index is 13.2. The Hall–Kier alpha value is -0.640. The second-order valence-corrected chi connectivity index (χ2v) is 3.85. The third kappa shape index (κ3) is 2.40. The molecule has 3 unspecified atom stereocenters. The van der Waals surface area contributed by atoms with E-state index in [1.807, 2.05) is 6.92 Å². The number of hydrogen-bond acceptors (Lipinski definition) is 2. The first-order valence-corrected chi connectivity index (χ1v) is 4.70. The van der Waals surface area contributed by atoms with Crippen LogP contribution in [-0.4, -0.2) is 36.1 Å². The van der Waals surface area contributed by atoms with Crippen LogP contribution in [-0.2, 0) is 4.79 Å². The van der Waals surface area contributed by atoms with Crippen LogP contribution >= 0.6 is 0 Å². The van der Waals surface area contributed by atoms with Crippen molar-refractivity contribution in [2.24, 2.45) is 11.7 Å². The Morgan fingerprint density at radius 3 is 2.77 bits per heavy atom. The molecule has 0 bridgehead atoms. The van der Waals surface area contributed by atoms with E-state index in [-0.39, 0.29) is 18.4 Å². The number of likely N-dealkylation sites (tertiary alicyclic amines) is 1. The van der Waals surface area contributed by atoms with E-state index >= 15 is 0 Å². The van der Waals surface area contributed by atoms with Gasteiger partial charge in [0.15, 0.2) is 0 Å². The molecule has 1 aliphatic heterocycles. The molecule has 0 aromatic rings. The lowest BCUT2D eigenvalue weighted by Gasteiger charge is -2.33. The van der Waals surface area contributed by atoms with Crippen molar-refractivity contribution < 1.29 is 9.18 Å². The smallest absolute Gasteiger partial charge is 0.239 e. The SMILES string of the molecule is CC(N)C(=O)N1CCC(C)C(F)C1. The van der Waals surface area contributed by atoms with E-state index in [4.69, 9.17) is 5.73 Å². The van der Waals surface area contributed by atoms with Gasteiger partial charge in [-0.05, 0) is 19.3 Å². The Labute approximate surface area is 78.1 Å². The molecule has 0 saturated carbocycles. The van der Waals surface area contributed by atoms with E-state index in [0.717, 1.165) is 6.42 Å². The number of hydrogen-bond donors (Lipinski definition) is 1. The number of piperidine rings is 1. The molecule has 0 radical (unpaired) electrons. The van der Waals surface area contributed by atoms with E-state index in [1.165, 1.54) is 4.90 Å². The first-order chi connectivity index (χ1) is 6.02. The molecule has 4 heteroatoms. The maximum Gasteiger partial charge on any atom is 0.239 e. The van der Waals surface area contributed by atoms with Crippen LogP contribution in [0.5, 0.6) is 0 Å². The van der Waals surface area contributed by atoms with E-state index in [9.17, 15) is 9.18 Å². The molecule has 76 valence electrons. The fourth-order valence-corrected chi connectivity index (χ4v) is 1.51. The van der Waals surface area contributed by atoms with Crippen LogP contribution in [0.1, 0.15) is 20.3 Å². The van der Waals surface area contributed by atoms with Crippen molar-refractivity contribution in [3.8, 4) is 0 Å². The summed E-state index contributed by atoms with van der Waals surface area (Å²) in [5.74, 6) is -0.0771. The monoisotopic (exact) mass is 188 g/mol. The van der Waals surface area contributed by atoms with Crippen molar-refractivity contribution in [3.05, 3.63) is 0 Å². The van der Waals surface area contributed by atoms with Crippen molar-refractivity contribution in [1.82, 2.24) is 4.90 Å². The van der Waals surface area contributed by atoms with Gasteiger partial charge in [-0.3, -0.25) is 4.79 Å². The molecule has 1 amide bonds. The zero-order valence-corrected chi connectivity index (χ0v) is 8.16. The molecule has 1 rings (SSSR count). The fourth-order valence-electron chi connectivity index (χ4n) is 1.51. The van der Waals surface area contributed by atoms with E-state index in [1.54, 1.807) is 6.92 Å². The average Bonchev–Trinajstić information content (AvgIpc) is 2.08. The Kier molecular flexibility index (Phi) is 3.25. The number of carbonyl (C=O) groups excluding carboxylic acids is 1. The molecule has 13 heavy (non-hydrogen) atoms. The molecule has 0 aromatic heterocycles. The van der Waals surface area contributed by atoms with E-state index in [0.29, 0.717) is 6.54 Å². The lowest BCUT2D eigenvalue weighted by molar-refractivity contribution is -0.135. The second-order valence-electron chi connectivity index (χ2n) is 3.85. The highest BCUT2D eigenvalue weighted by molar-refractivity contribution is 5.81. The number of alkyl halides is 1. The van der Waals surface area contributed by atoms with Gasteiger partial charge in [0.25, 0.3) is 0 Å². The summed E-state index contributed by atoms with van der Waals surface area (Å²) >= 11 is 0. The summed E-state index contributed by atoms with van der Waals surface area (Å²) < 4.78 is 13.2. The van der Waals surface area contributed by atoms with Gasteiger partial charge in [-0.15, -0.1) is 0 Å². The second kappa shape index (κ2) is 4.05. The third-order valence-corrected chi connectivity index (χ3v) is 2.57. The molecule has 0 spiro atoms. The number of rotatable bonds is 1. The standard InChI is InChI=1S/C9H17FN2O/c1-6-3-4-12(5-8(6)10)9(13)7(2)11/h6-8H,3-5,11H2,1-2H3. The van der Waals surface area contributed by atoms with Crippen LogP contribution < -0.4 is 5.73 Å². The topological polar surface area (TPSA) is 46.3 Å². The normalized spacial score (nSPS) is 31.5. The fraction of sp³-hybridized carbons (Fsp3) is 0.889. The molecule has 1 saturated heterocycles. The van der Waals surface area contributed by atoms with Gasteiger partial charge >= 0.3 is 0 Å². The molecule has 3 atom stereocenters. The largest absolute Gasteiger partial charge is 0.338 e. The number of halogens is 1. The van der Waals surface area contributed by atoms with Crippen LogP contribution in [0.2, 0.25) is 0 Å². The summed E-state index contributed by atoms with van der Waals surface area (Å²) in [4.78, 5) is 12.9. The van der Waals surface area contributed by atoms with Gasteiger partial charge in [-0.25, -0.2) is 4.39 Å². The minimum absolute atomic E-state index is 0.0668. The molecular formula is C9H17FN2O. The van der Waals surface area contributed by atoms with Crippen molar-refractivity contribution in [1.29, 1.82) is 0 Å². The van der Waals surface area contributed by atoms with E-state index in [2.05, 4.69) is 0 Å². The van der Waals surface area contributed by atoms with Gasteiger partial charge in [0.2, 0.25) is 5.91 Å². The Balaban J connectivity index is 2.50. The van der Waals surface area contributed by atoms with Crippen molar-refractivity contribution in [2.45, 2.75) is 32.5 Å². The van der Waals surface area contributed by atoms with Crippen LogP contribution in [0.4, 0.5) is 4.39 Å². The molecule has 0 aliphatic carbocycles. The van der Waals surface area contributed by atoms with Crippen molar-refractivity contribution in [3.63, 3.8) is 0 Å². The molecule has 1 aliphatic rings. The van der Waals surface area contributed by atoms with Gasteiger partial charge in [0.1, 0.15) is 6.17 Å². The van der Waals surface area contributed by atoms with Crippen LogP contribution in [0.3, 0.4) is 0 Å². The summed E-state index contributed by atoms with van der Waals surface area (Å²) in [6.45, 7) is 4.36. The summed E-state index contributed by atoms with van der Waals surface area (Å²) in [5, 5.41) is 0. The number of carbonyl (C=O) groups is 1. The highest BCUT2D eigenvalue weighted by atomic mass is 19.1. The number of amides is 1. The predicted octanol–water partition coefficient (Wildman–Crippen LogP) is 0.540. The molecule has 1 fully saturated rings. The Morgan fingerprint density at radius 2 is 2.31 bits per heavy atom. The van der Waals surface area contributed by atoms with Crippen LogP contribution in [0.15, 0.2) is 0 Å². The highest BCUT2D eigenvalue weighted by Gasteiger charge is 2.29. The van der Waals surface area contributed by atoms with Crippen molar-refractivity contribution in [2.75, 3.05) is 13.1 Å². The molecule has 2 N–H and O–H groups in total. The van der Waals surface area contributed by atoms with Gasteiger partial charge in [-0.2, -0.15) is 0 Å². The number of nitrogens with zero attached hydrogens (tertiary/aromatic N) is 1. The third-order valence-electron chi connectivity index (χ3n) is 2.57. The lowest BCUT2D eigenvalue weighted by atomic mass is 9.97. The zero-order chi connectivity index (χ0) is 10.0. The van der Waals surface area contributed by atoms with E-state index < -0.39 is 12.2 Å². The molecule has 0 aromatic carbocycles. The minimum Gasteiger partial charge on any atom is -0.338 e. The molecule has 3 nitrogen and oxygen atoms in total. The summed E-state index contributed by atoms with van der Waals surface area (Å²) in [6.07, 6.45) is -0.156. The Morgan fingerprint density at radius 1 is 1.69 bits per heavy atom. The lowest BCUT2D eigenvalue weighted by Crippen LogP contribution is -2.49. The molecular weight excluding hydrogens is 171 g/mol. The van der Waals surface area contributed by atoms with Gasteiger partial charge in [0.05, 0.1) is 12.6 Å². The predicted molar refractivity (Wildman–Crippen MR) is 48.9 cm³/mol. The van der Waals surface area contributed by atoms with Gasteiger partial charge < -0.3 is 10.6 Å². The highest BCUT2D eigenvalue weighted by Crippen LogP contribution is 2.19. The number of nitrogens with two attached hydrogens (primary N) is 1. The first kappa shape index (κ1) is 10.4. The maximum absolute atomic E-state index is 13.2. The zero-order valence-electron chi connectivity index (χ0n) is 8.16. The van der Waals surface area contributed by atoms with Crippen molar-refractivity contribution >= 4 is 5.91 Å². The van der Waals surface area contributed by atoms with Crippen LogP contribution in [0, 0.1) is 5.92 Å². The molecule has 1 heterocycles.